The second-order valence-corrected chi connectivity index (χ2v) is 11.7. The van der Waals surface area contributed by atoms with Gasteiger partial charge in [0, 0.05) is 71.9 Å². The van der Waals surface area contributed by atoms with Gasteiger partial charge in [0.2, 0.25) is 0 Å². The Labute approximate surface area is 231 Å². The van der Waals surface area contributed by atoms with Gasteiger partial charge in [0.1, 0.15) is 23.7 Å². The van der Waals surface area contributed by atoms with Crippen LogP contribution in [0.4, 0.5) is 10.2 Å². The van der Waals surface area contributed by atoms with Crippen molar-refractivity contribution in [3.8, 4) is 22.9 Å². The lowest BCUT2D eigenvalue weighted by Gasteiger charge is -2.34. The summed E-state index contributed by atoms with van der Waals surface area (Å²) >= 11 is 6.84. The van der Waals surface area contributed by atoms with Gasteiger partial charge >= 0.3 is 6.01 Å². The third kappa shape index (κ3) is 4.27. The molecule has 3 aliphatic rings. The summed E-state index contributed by atoms with van der Waals surface area (Å²) in [7, 11) is 3.99. The van der Waals surface area contributed by atoms with Crippen molar-refractivity contribution in [2.24, 2.45) is 7.05 Å². The molecule has 0 saturated carbocycles. The molecular formula is C29H32ClFN6O2. The van der Waals surface area contributed by atoms with E-state index in [1.807, 2.05) is 23.9 Å². The summed E-state index contributed by atoms with van der Waals surface area (Å²) in [4.78, 5) is 14.0. The number of rotatable bonds is 5. The molecule has 5 heterocycles. The molecule has 3 saturated heterocycles. The first-order chi connectivity index (χ1) is 18.9. The van der Waals surface area contributed by atoms with E-state index in [0.717, 1.165) is 50.8 Å². The van der Waals surface area contributed by atoms with Crippen LogP contribution in [-0.2, 0) is 7.05 Å². The second-order valence-electron chi connectivity index (χ2n) is 11.3. The van der Waals surface area contributed by atoms with Gasteiger partial charge in [-0.25, -0.2) is 4.39 Å². The Morgan fingerprint density at radius 2 is 1.90 bits per heavy atom. The van der Waals surface area contributed by atoms with Crippen molar-refractivity contribution < 1.29 is 14.2 Å². The molecule has 2 aromatic carbocycles. The molecular weight excluding hydrogens is 519 g/mol. The van der Waals surface area contributed by atoms with Crippen molar-refractivity contribution in [3.05, 3.63) is 41.3 Å². The highest BCUT2D eigenvalue weighted by molar-refractivity contribution is 6.35. The Morgan fingerprint density at radius 1 is 1.10 bits per heavy atom. The second kappa shape index (κ2) is 9.50. The monoisotopic (exact) mass is 550 g/mol. The summed E-state index contributed by atoms with van der Waals surface area (Å²) in [5.74, 6) is 0.256. The molecule has 2 N–H and O–H groups in total. The van der Waals surface area contributed by atoms with Crippen molar-refractivity contribution in [1.82, 2.24) is 24.8 Å². The van der Waals surface area contributed by atoms with E-state index < -0.39 is 5.82 Å². The molecule has 3 atom stereocenters. The maximum absolute atomic E-state index is 16.6. The van der Waals surface area contributed by atoms with Crippen LogP contribution < -0.4 is 15.0 Å². The Hall–Kier alpha value is -3.14. The summed E-state index contributed by atoms with van der Waals surface area (Å²) in [6.07, 6.45) is 6.27. The quantitative estimate of drug-likeness (QED) is 0.373. The lowest BCUT2D eigenvalue weighted by Crippen LogP contribution is -2.51. The third-order valence-electron chi connectivity index (χ3n) is 8.68. The highest BCUT2D eigenvalue weighted by Crippen LogP contribution is 2.42. The van der Waals surface area contributed by atoms with E-state index in [-0.39, 0.29) is 33.9 Å². The SMILES string of the molecule is CN1CCC[C@H]1COc1nc(N2CC3CCC(C2)N3)c2cc(Cl)c(-c3cn(C)c4ccc(O)cc34)c(F)c2n1. The first-order valence-corrected chi connectivity index (χ1v) is 14.1. The van der Waals surface area contributed by atoms with Crippen molar-refractivity contribution >= 4 is 39.2 Å². The smallest absolute Gasteiger partial charge is 0.319 e. The molecule has 0 aliphatic carbocycles. The minimum absolute atomic E-state index is 0.109. The van der Waals surface area contributed by atoms with Crippen LogP contribution >= 0.6 is 11.6 Å². The first-order valence-electron chi connectivity index (χ1n) is 13.7. The molecule has 0 spiro atoms. The maximum Gasteiger partial charge on any atom is 0.319 e. The molecule has 7 rings (SSSR count). The molecule has 39 heavy (non-hydrogen) atoms. The molecule has 2 aromatic heterocycles. The van der Waals surface area contributed by atoms with Crippen molar-refractivity contribution in [2.75, 3.05) is 38.2 Å². The maximum atomic E-state index is 16.6. The highest BCUT2D eigenvalue weighted by atomic mass is 35.5. The molecule has 3 aliphatic heterocycles. The number of ether oxygens (including phenoxy) is 1. The fourth-order valence-corrected chi connectivity index (χ4v) is 6.92. The van der Waals surface area contributed by atoms with Gasteiger partial charge in [-0.3, -0.25) is 0 Å². The Bertz CT molecular complexity index is 1580. The molecule has 4 aromatic rings. The van der Waals surface area contributed by atoms with Crippen LogP contribution in [0.3, 0.4) is 0 Å². The number of aromatic hydroxyl groups is 1. The van der Waals surface area contributed by atoms with Crippen LogP contribution in [0.2, 0.25) is 5.02 Å². The van der Waals surface area contributed by atoms with Crippen LogP contribution in [0.5, 0.6) is 11.8 Å². The molecule has 2 bridgehead atoms. The number of likely N-dealkylation sites (N-methyl/N-ethyl adjacent to an activating group) is 1. The zero-order chi connectivity index (χ0) is 26.8. The Kier molecular flexibility index (Phi) is 6.06. The number of likely N-dealkylation sites (tertiary alicyclic amines) is 1. The summed E-state index contributed by atoms with van der Waals surface area (Å²) in [6, 6.07) is 8.09. The lowest BCUT2D eigenvalue weighted by molar-refractivity contribution is 0.188. The van der Waals surface area contributed by atoms with Gasteiger partial charge in [-0.2, -0.15) is 9.97 Å². The standard InChI is InChI=1S/C29H32ClFN6O2/c1-35-9-3-4-18(35)15-39-29-33-27-21(28(34-29)37-12-16-5-6-17(13-37)32-16)11-23(30)25(26(27)31)22-14-36(2)24-8-7-19(38)10-20(22)24/h7-8,10-11,14,16-18,32,38H,3-6,9,12-13,15H2,1-2H3/t16?,17?,18-/m0/s1. The Morgan fingerprint density at radius 3 is 2.64 bits per heavy atom. The number of hydrogen-bond donors (Lipinski definition) is 2. The van der Waals surface area contributed by atoms with Gasteiger partial charge in [-0.15, -0.1) is 0 Å². The number of aryl methyl sites for hydroxylation is 1. The average Bonchev–Trinajstić information content (AvgIpc) is 3.58. The van der Waals surface area contributed by atoms with Crippen molar-refractivity contribution in [1.29, 1.82) is 0 Å². The number of aromatic nitrogens is 3. The van der Waals surface area contributed by atoms with E-state index in [0.29, 0.717) is 40.8 Å². The van der Waals surface area contributed by atoms with E-state index >= 15 is 4.39 Å². The molecule has 0 radical (unpaired) electrons. The molecule has 0 amide bonds. The third-order valence-corrected chi connectivity index (χ3v) is 8.98. The number of nitrogens with zero attached hydrogens (tertiary/aromatic N) is 5. The fraction of sp³-hybridized carbons (Fsp3) is 0.448. The summed E-state index contributed by atoms with van der Waals surface area (Å²) in [5.41, 5.74) is 1.91. The number of halogens is 2. The first kappa shape index (κ1) is 24.9. The van der Waals surface area contributed by atoms with Crippen LogP contribution in [0.15, 0.2) is 30.5 Å². The van der Waals surface area contributed by atoms with Crippen LogP contribution in [0.1, 0.15) is 25.7 Å². The molecule has 10 heteroatoms. The van der Waals surface area contributed by atoms with E-state index in [1.165, 1.54) is 0 Å². The summed E-state index contributed by atoms with van der Waals surface area (Å²) < 4.78 is 24.7. The Balaban J connectivity index is 1.38. The van der Waals surface area contributed by atoms with Gasteiger partial charge in [0.05, 0.1) is 5.02 Å². The van der Waals surface area contributed by atoms with Crippen molar-refractivity contribution in [2.45, 2.75) is 43.8 Å². The number of fused-ring (bicyclic) bond motifs is 4. The number of benzene rings is 2. The van der Waals surface area contributed by atoms with Gasteiger partial charge in [-0.05, 0) is 63.5 Å². The van der Waals surface area contributed by atoms with Gasteiger partial charge < -0.3 is 29.5 Å². The minimum Gasteiger partial charge on any atom is -0.508 e. The predicted molar refractivity (Wildman–Crippen MR) is 151 cm³/mol. The average molecular weight is 551 g/mol. The largest absolute Gasteiger partial charge is 0.508 e. The minimum atomic E-state index is -0.516. The van der Waals surface area contributed by atoms with Crippen molar-refractivity contribution in [3.63, 3.8) is 0 Å². The van der Waals surface area contributed by atoms with E-state index in [4.69, 9.17) is 21.3 Å². The number of anilines is 1. The zero-order valence-electron chi connectivity index (χ0n) is 22.1. The van der Waals surface area contributed by atoms with Gasteiger partial charge in [0.15, 0.2) is 5.82 Å². The van der Waals surface area contributed by atoms with Gasteiger partial charge in [0.25, 0.3) is 0 Å². The van der Waals surface area contributed by atoms with Gasteiger partial charge in [-0.1, -0.05) is 11.6 Å². The normalized spacial score (nSPS) is 23.4. The van der Waals surface area contributed by atoms with Crippen LogP contribution in [0.25, 0.3) is 32.9 Å². The summed E-state index contributed by atoms with van der Waals surface area (Å²) in [6.45, 7) is 3.07. The highest BCUT2D eigenvalue weighted by Gasteiger charge is 2.34. The van der Waals surface area contributed by atoms with E-state index in [1.54, 1.807) is 18.2 Å². The van der Waals surface area contributed by atoms with Crippen LogP contribution in [0, 0.1) is 5.82 Å². The molecule has 3 fully saturated rings. The predicted octanol–water partition coefficient (Wildman–Crippen LogP) is 4.70. The number of piperazine rings is 1. The topological polar surface area (TPSA) is 78.7 Å². The molecule has 2 unspecified atom stereocenters. The number of nitrogens with one attached hydrogen (secondary N) is 1. The molecule has 8 nitrogen and oxygen atoms in total. The number of phenolic OH excluding ortho intramolecular Hbond substituents is 1. The summed E-state index contributed by atoms with van der Waals surface area (Å²) in [5, 5.41) is 15.4. The van der Waals surface area contributed by atoms with E-state index in [2.05, 4.69) is 27.1 Å². The fourth-order valence-electron chi connectivity index (χ4n) is 6.62. The number of hydrogen-bond acceptors (Lipinski definition) is 7. The van der Waals surface area contributed by atoms with Crippen LogP contribution in [-0.4, -0.2) is 76.0 Å². The number of phenols is 1. The molecule has 204 valence electrons. The van der Waals surface area contributed by atoms with E-state index in [9.17, 15) is 5.11 Å². The zero-order valence-corrected chi connectivity index (χ0v) is 22.9. The lowest BCUT2D eigenvalue weighted by atomic mass is 10.0.